The van der Waals surface area contributed by atoms with Gasteiger partial charge in [-0.15, -0.1) is 0 Å². The van der Waals surface area contributed by atoms with Crippen LogP contribution in [0.1, 0.15) is 10.4 Å². The number of benzene rings is 3. The molecule has 0 aliphatic rings. The van der Waals surface area contributed by atoms with Crippen LogP contribution in [0.15, 0.2) is 76.5 Å². The molecule has 0 radical (unpaired) electrons. The van der Waals surface area contributed by atoms with Gasteiger partial charge in [-0.05, 0) is 35.0 Å². The molecule has 3 aromatic carbocycles. The molecule has 4 heteroatoms. The van der Waals surface area contributed by atoms with Gasteiger partial charge in [0, 0.05) is 15.4 Å². The molecular weight excluding hydrogens is 280 g/mol. The Hall–Kier alpha value is -2.30. The highest BCUT2D eigenvalue weighted by Crippen LogP contribution is 2.34. The van der Waals surface area contributed by atoms with Crippen molar-refractivity contribution in [3.63, 3.8) is 0 Å². The second-order valence-corrected chi connectivity index (χ2v) is 5.66. The Morgan fingerprint density at radius 1 is 0.857 bits per heavy atom. The molecule has 3 rings (SSSR count). The minimum atomic E-state index is -0.275. The lowest BCUT2D eigenvalue weighted by Crippen LogP contribution is -2.30. The summed E-state index contributed by atoms with van der Waals surface area (Å²) in [5.41, 5.74) is 2.79. The minimum Gasteiger partial charge on any atom is -0.290 e. The van der Waals surface area contributed by atoms with Crippen LogP contribution < -0.4 is 11.3 Å². The number of nitrogen functional groups attached to an aromatic ring is 1. The van der Waals surface area contributed by atoms with E-state index in [1.165, 1.54) is 4.90 Å². The van der Waals surface area contributed by atoms with Crippen molar-refractivity contribution in [3.05, 3.63) is 72.3 Å². The summed E-state index contributed by atoms with van der Waals surface area (Å²) in [4.78, 5) is 14.1. The van der Waals surface area contributed by atoms with Gasteiger partial charge in [-0.25, -0.2) is 5.84 Å². The smallest absolute Gasteiger partial charge is 0.265 e. The number of hydrogen-bond donors (Lipinski definition) is 2. The van der Waals surface area contributed by atoms with Crippen LogP contribution in [0, 0.1) is 0 Å². The predicted molar refractivity (Wildman–Crippen MR) is 86.2 cm³/mol. The highest BCUT2D eigenvalue weighted by Gasteiger charge is 2.11. The second kappa shape index (κ2) is 5.99. The topological polar surface area (TPSA) is 55.1 Å². The maximum Gasteiger partial charge on any atom is 0.265 e. The molecule has 3 N–H and O–H groups in total. The molecule has 0 aromatic heterocycles. The van der Waals surface area contributed by atoms with Crippen LogP contribution in [0.2, 0.25) is 0 Å². The molecule has 3 nitrogen and oxygen atoms in total. The quantitative estimate of drug-likeness (QED) is 0.441. The molecule has 0 atom stereocenters. The number of amides is 1. The Morgan fingerprint density at radius 2 is 1.52 bits per heavy atom. The van der Waals surface area contributed by atoms with Gasteiger partial charge in [0.15, 0.2) is 0 Å². The molecule has 104 valence electrons. The molecule has 0 aliphatic carbocycles. The Morgan fingerprint density at radius 3 is 2.24 bits per heavy atom. The van der Waals surface area contributed by atoms with E-state index in [-0.39, 0.29) is 5.91 Å². The van der Waals surface area contributed by atoms with Crippen molar-refractivity contribution in [2.75, 3.05) is 0 Å². The van der Waals surface area contributed by atoms with E-state index in [0.29, 0.717) is 5.56 Å². The van der Waals surface area contributed by atoms with Crippen molar-refractivity contribution in [2.24, 2.45) is 5.84 Å². The summed E-state index contributed by atoms with van der Waals surface area (Å²) < 4.78 is 0. The largest absolute Gasteiger partial charge is 0.290 e. The van der Waals surface area contributed by atoms with Crippen LogP contribution >= 0.6 is 11.8 Å². The lowest BCUT2D eigenvalue weighted by molar-refractivity contribution is 0.0955. The number of hydrogen-bond acceptors (Lipinski definition) is 3. The van der Waals surface area contributed by atoms with Gasteiger partial charge in [0.25, 0.3) is 5.91 Å². The SMILES string of the molecule is NNC(=O)c1ccc(Sc2ccccc2)c2ccccc12. The van der Waals surface area contributed by atoms with E-state index in [2.05, 4.69) is 17.6 Å². The summed E-state index contributed by atoms with van der Waals surface area (Å²) >= 11 is 1.68. The molecule has 21 heavy (non-hydrogen) atoms. The molecule has 3 aromatic rings. The van der Waals surface area contributed by atoms with E-state index in [4.69, 9.17) is 5.84 Å². The lowest BCUT2D eigenvalue weighted by atomic mass is 10.0. The summed E-state index contributed by atoms with van der Waals surface area (Å²) in [6.45, 7) is 0. The van der Waals surface area contributed by atoms with Gasteiger partial charge in [-0.3, -0.25) is 10.2 Å². The van der Waals surface area contributed by atoms with Gasteiger partial charge in [-0.2, -0.15) is 0 Å². The van der Waals surface area contributed by atoms with Crippen LogP contribution in [-0.4, -0.2) is 5.91 Å². The number of rotatable bonds is 3. The zero-order valence-corrected chi connectivity index (χ0v) is 12.1. The first-order valence-corrected chi connectivity index (χ1v) is 7.37. The first-order chi connectivity index (χ1) is 10.3. The Balaban J connectivity index is 2.11. The number of nitrogens with one attached hydrogen (secondary N) is 1. The van der Waals surface area contributed by atoms with Crippen molar-refractivity contribution in [1.29, 1.82) is 0 Å². The van der Waals surface area contributed by atoms with Gasteiger partial charge in [0.2, 0.25) is 0 Å². The first-order valence-electron chi connectivity index (χ1n) is 6.55. The lowest BCUT2D eigenvalue weighted by Gasteiger charge is -2.10. The molecule has 0 spiro atoms. The van der Waals surface area contributed by atoms with Crippen molar-refractivity contribution >= 4 is 28.4 Å². The van der Waals surface area contributed by atoms with E-state index in [0.717, 1.165) is 15.7 Å². The number of carbonyl (C=O) groups excluding carboxylic acids is 1. The maximum absolute atomic E-state index is 11.9. The number of fused-ring (bicyclic) bond motifs is 1. The van der Waals surface area contributed by atoms with Crippen LogP contribution in [-0.2, 0) is 0 Å². The van der Waals surface area contributed by atoms with Crippen molar-refractivity contribution in [3.8, 4) is 0 Å². The summed E-state index contributed by atoms with van der Waals surface area (Å²) in [6.07, 6.45) is 0. The molecule has 0 aliphatic heterocycles. The van der Waals surface area contributed by atoms with Gasteiger partial charge in [-0.1, -0.05) is 54.2 Å². The van der Waals surface area contributed by atoms with Gasteiger partial charge in [0.05, 0.1) is 0 Å². The van der Waals surface area contributed by atoms with E-state index in [1.807, 2.05) is 54.6 Å². The Labute approximate surface area is 127 Å². The van der Waals surface area contributed by atoms with Crippen LogP contribution in [0.4, 0.5) is 0 Å². The van der Waals surface area contributed by atoms with Crippen molar-refractivity contribution in [1.82, 2.24) is 5.43 Å². The number of hydrazine groups is 1. The van der Waals surface area contributed by atoms with E-state index >= 15 is 0 Å². The summed E-state index contributed by atoms with van der Waals surface area (Å²) in [7, 11) is 0. The van der Waals surface area contributed by atoms with E-state index < -0.39 is 0 Å². The second-order valence-electron chi connectivity index (χ2n) is 4.55. The normalized spacial score (nSPS) is 10.5. The third-order valence-corrected chi connectivity index (χ3v) is 4.31. The van der Waals surface area contributed by atoms with Crippen molar-refractivity contribution in [2.45, 2.75) is 9.79 Å². The molecule has 1 amide bonds. The highest BCUT2D eigenvalue weighted by atomic mass is 32.2. The van der Waals surface area contributed by atoms with Gasteiger partial charge < -0.3 is 0 Å². The Bertz CT molecular complexity index is 787. The highest BCUT2D eigenvalue weighted by molar-refractivity contribution is 7.99. The third-order valence-electron chi connectivity index (χ3n) is 3.23. The molecule has 0 heterocycles. The summed E-state index contributed by atoms with van der Waals surface area (Å²) in [6, 6.07) is 21.8. The van der Waals surface area contributed by atoms with Crippen molar-refractivity contribution < 1.29 is 4.79 Å². The minimum absolute atomic E-state index is 0.275. The Kier molecular flexibility index (Phi) is 3.90. The average molecular weight is 294 g/mol. The van der Waals surface area contributed by atoms with Crippen LogP contribution in [0.3, 0.4) is 0 Å². The monoisotopic (exact) mass is 294 g/mol. The average Bonchev–Trinajstić information content (AvgIpc) is 2.55. The molecular formula is C17H14N2OS. The summed E-state index contributed by atoms with van der Waals surface area (Å²) in [5, 5.41) is 1.95. The van der Waals surface area contributed by atoms with E-state index in [9.17, 15) is 4.79 Å². The zero-order valence-electron chi connectivity index (χ0n) is 11.2. The fraction of sp³-hybridized carbons (Fsp3) is 0. The molecule has 0 saturated carbocycles. The van der Waals surface area contributed by atoms with E-state index in [1.54, 1.807) is 11.8 Å². The molecule has 0 saturated heterocycles. The van der Waals surface area contributed by atoms with Crippen LogP contribution in [0.5, 0.6) is 0 Å². The fourth-order valence-corrected chi connectivity index (χ4v) is 3.22. The van der Waals surface area contributed by atoms with Gasteiger partial charge >= 0.3 is 0 Å². The molecule has 0 fully saturated rings. The zero-order chi connectivity index (χ0) is 14.7. The third kappa shape index (κ3) is 2.77. The fourth-order valence-electron chi connectivity index (χ4n) is 2.25. The standard InChI is InChI=1S/C17H14N2OS/c18-19-17(20)15-10-11-16(14-9-5-4-8-13(14)15)21-12-6-2-1-3-7-12/h1-11H,18H2,(H,19,20). The number of carbonyl (C=O) groups is 1. The van der Waals surface area contributed by atoms with Crippen LogP contribution in [0.25, 0.3) is 10.8 Å². The molecule has 0 bridgehead atoms. The maximum atomic E-state index is 11.9. The molecule has 0 unspecified atom stereocenters. The van der Waals surface area contributed by atoms with Gasteiger partial charge in [0.1, 0.15) is 0 Å². The first kappa shape index (κ1) is 13.7. The predicted octanol–water partition coefficient (Wildman–Crippen LogP) is 3.59. The number of nitrogens with two attached hydrogens (primary N) is 1. The summed E-state index contributed by atoms with van der Waals surface area (Å²) in [5.74, 6) is 4.98.